The molecule has 2 nitrogen and oxygen atoms in total. The second-order valence-electron chi connectivity index (χ2n) is 3.80. The molecule has 0 aliphatic carbocycles. The van der Waals surface area contributed by atoms with Gasteiger partial charge in [-0.3, -0.25) is 0 Å². The Morgan fingerprint density at radius 1 is 1.50 bits per heavy atom. The lowest BCUT2D eigenvalue weighted by atomic mass is 10.1. The number of rotatable bonds is 3. The minimum atomic E-state index is 0.376. The first-order valence-corrected chi connectivity index (χ1v) is 5.36. The average Bonchev–Trinajstić information content (AvgIpc) is 2.11. The van der Waals surface area contributed by atoms with Crippen LogP contribution in [-0.2, 0) is 0 Å². The SMILES string of the molecule is C[C@@H](NC1CNC1)c1cccc(Cl)c1. The van der Waals surface area contributed by atoms with Gasteiger partial charge in [-0.1, -0.05) is 23.7 Å². The number of hydrogen-bond donors (Lipinski definition) is 2. The van der Waals surface area contributed by atoms with Gasteiger partial charge in [0.05, 0.1) is 0 Å². The van der Waals surface area contributed by atoms with Gasteiger partial charge in [0.15, 0.2) is 0 Å². The predicted molar refractivity (Wildman–Crippen MR) is 59.7 cm³/mol. The van der Waals surface area contributed by atoms with Gasteiger partial charge in [0.25, 0.3) is 0 Å². The summed E-state index contributed by atoms with van der Waals surface area (Å²) in [5.74, 6) is 0. The molecule has 2 rings (SSSR count). The Hall–Kier alpha value is -0.570. The molecule has 1 aromatic carbocycles. The van der Waals surface area contributed by atoms with Gasteiger partial charge in [-0.05, 0) is 24.6 Å². The van der Waals surface area contributed by atoms with Gasteiger partial charge in [0.1, 0.15) is 0 Å². The zero-order chi connectivity index (χ0) is 9.97. The van der Waals surface area contributed by atoms with Gasteiger partial charge in [0.2, 0.25) is 0 Å². The predicted octanol–water partition coefficient (Wildman–Crippen LogP) is 1.96. The van der Waals surface area contributed by atoms with Crippen LogP contribution in [0.5, 0.6) is 0 Å². The van der Waals surface area contributed by atoms with Gasteiger partial charge in [0, 0.05) is 30.2 Å². The van der Waals surface area contributed by atoms with Gasteiger partial charge in [-0.2, -0.15) is 0 Å². The second-order valence-corrected chi connectivity index (χ2v) is 4.23. The van der Waals surface area contributed by atoms with Crippen molar-refractivity contribution in [2.45, 2.75) is 19.0 Å². The Balaban J connectivity index is 1.98. The van der Waals surface area contributed by atoms with Crippen LogP contribution >= 0.6 is 11.6 Å². The first-order chi connectivity index (χ1) is 6.75. The quantitative estimate of drug-likeness (QED) is 0.797. The molecule has 0 aromatic heterocycles. The monoisotopic (exact) mass is 210 g/mol. The van der Waals surface area contributed by atoms with Gasteiger partial charge in [-0.15, -0.1) is 0 Å². The third-order valence-corrected chi connectivity index (χ3v) is 2.85. The summed E-state index contributed by atoms with van der Waals surface area (Å²) >= 11 is 5.93. The number of halogens is 1. The molecule has 0 amide bonds. The van der Waals surface area contributed by atoms with E-state index in [1.807, 2.05) is 18.2 Å². The molecule has 1 fully saturated rings. The Bertz CT molecular complexity index is 310. The van der Waals surface area contributed by atoms with Gasteiger partial charge in [-0.25, -0.2) is 0 Å². The number of nitrogens with one attached hydrogen (secondary N) is 2. The lowest BCUT2D eigenvalue weighted by Gasteiger charge is -2.31. The van der Waals surface area contributed by atoms with Crippen molar-refractivity contribution < 1.29 is 0 Å². The van der Waals surface area contributed by atoms with Crippen molar-refractivity contribution in [2.75, 3.05) is 13.1 Å². The van der Waals surface area contributed by atoms with Crippen LogP contribution in [0, 0.1) is 0 Å². The molecule has 1 aromatic rings. The largest absolute Gasteiger partial charge is 0.314 e. The summed E-state index contributed by atoms with van der Waals surface area (Å²) in [5, 5.41) is 7.59. The fraction of sp³-hybridized carbons (Fsp3) is 0.455. The molecule has 0 unspecified atom stereocenters. The average molecular weight is 211 g/mol. The Labute approximate surface area is 89.7 Å². The molecule has 1 saturated heterocycles. The summed E-state index contributed by atoms with van der Waals surface area (Å²) in [7, 11) is 0. The standard InChI is InChI=1S/C11H15ClN2/c1-8(14-11-6-13-7-11)9-3-2-4-10(12)5-9/h2-5,8,11,13-14H,6-7H2,1H3/t8-/m1/s1. The van der Waals surface area contributed by atoms with Crippen molar-refractivity contribution >= 4 is 11.6 Å². The molecule has 76 valence electrons. The van der Waals surface area contributed by atoms with Crippen LogP contribution < -0.4 is 10.6 Å². The molecule has 14 heavy (non-hydrogen) atoms. The van der Waals surface area contributed by atoms with Crippen molar-refractivity contribution in [3.63, 3.8) is 0 Å². The highest BCUT2D eigenvalue weighted by Crippen LogP contribution is 2.18. The fourth-order valence-corrected chi connectivity index (χ4v) is 1.83. The van der Waals surface area contributed by atoms with Crippen molar-refractivity contribution in [3.05, 3.63) is 34.9 Å². The molecule has 2 N–H and O–H groups in total. The molecule has 1 aliphatic heterocycles. The van der Waals surface area contributed by atoms with Crippen LogP contribution in [0.4, 0.5) is 0 Å². The Morgan fingerprint density at radius 2 is 2.29 bits per heavy atom. The summed E-state index contributed by atoms with van der Waals surface area (Å²) in [6.45, 7) is 4.32. The normalized spacial score (nSPS) is 19.0. The van der Waals surface area contributed by atoms with E-state index >= 15 is 0 Å². The minimum Gasteiger partial charge on any atom is -0.314 e. The topological polar surface area (TPSA) is 24.1 Å². The molecule has 0 bridgehead atoms. The van der Waals surface area contributed by atoms with Crippen LogP contribution in [0.15, 0.2) is 24.3 Å². The molecule has 1 heterocycles. The molecular weight excluding hydrogens is 196 g/mol. The van der Waals surface area contributed by atoms with Crippen molar-refractivity contribution in [3.8, 4) is 0 Å². The van der Waals surface area contributed by atoms with Crippen molar-refractivity contribution in [1.82, 2.24) is 10.6 Å². The first kappa shape index (κ1) is 9.97. The van der Waals surface area contributed by atoms with E-state index in [1.54, 1.807) is 0 Å². The molecule has 0 spiro atoms. The van der Waals surface area contributed by atoms with E-state index in [2.05, 4.69) is 23.6 Å². The molecule has 0 radical (unpaired) electrons. The molecule has 1 aliphatic rings. The highest BCUT2D eigenvalue weighted by molar-refractivity contribution is 6.30. The molecule has 1 atom stereocenters. The zero-order valence-electron chi connectivity index (χ0n) is 8.26. The summed E-state index contributed by atoms with van der Waals surface area (Å²) in [4.78, 5) is 0. The van der Waals surface area contributed by atoms with Crippen LogP contribution in [0.25, 0.3) is 0 Å². The fourth-order valence-electron chi connectivity index (χ4n) is 1.63. The van der Waals surface area contributed by atoms with E-state index in [0.29, 0.717) is 12.1 Å². The van der Waals surface area contributed by atoms with Gasteiger partial charge >= 0.3 is 0 Å². The molecule has 3 heteroatoms. The first-order valence-electron chi connectivity index (χ1n) is 4.98. The van der Waals surface area contributed by atoms with E-state index in [4.69, 9.17) is 11.6 Å². The van der Waals surface area contributed by atoms with E-state index in [0.717, 1.165) is 18.1 Å². The van der Waals surface area contributed by atoms with Crippen LogP contribution in [0.2, 0.25) is 5.02 Å². The Morgan fingerprint density at radius 3 is 2.86 bits per heavy atom. The summed E-state index contributed by atoms with van der Waals surface area (Å²) < 4.78 is 0. The number of benzene rings is 1. The van der Waals surface area contributed by atoms with Gasteiger partial charge < -0.3 is 10.6 Å². The molecule has 0 saturated carbocycles. The smallest absolute Gasteiger partial charge is 0.0409 e. The number of hydrogen-bond acceptors (Lipinski definition) is 2. The van der Waals surface area contributed by atoms with E-state index < -0.39 is 0 Å². The summed E-state index contributed by atoms with van der Waals surface area (Å²) in [6.07, 6.45) is 0. The highest BCUT2D eigenvalue weighted by Gasteiger charge is 2.18. The third-order valence-electron chi connectivity index (χ3n) is 2.62. The lowest BCUT2D eigenvalue weighted by molar-refractivity contribution is 0.338. The van der Waals surface area contributed by atoms with E-state index in [9.17, 15) is 0 Å². The van der Waals surface area contributed by atoms with Crippen LogP contribution in [0.1, 0.15) is 18.5 Å². The maximum atomic E-state index is 5.93. The highest BCUT2D eigenvalue weighted by atomic mass is 35.5. The lowest BCUT2D eigenvalue weighted by Crippen LogP contribution is -2.55. The maximum absolute atomic E-state index is 5.93. The van der Waals surface area contributed by atoms with Crippen molar-refractivity contribution in [2.24, 2.45) is 0 Å². The minimum absolute atomic E-state index is 0.376. The van der Waals surface area contributed by atoms with Crippen molar-refractivity contribution in [1.29, 1.82) is 0 Å². The molecular formula is C11H15ClN2. The van der Waals surface area contributed by atoms with Crippen LogP contribution in [0.3, 0.4) is 0 Å². The van der Waals surface area contributed by atoms with E-state index in [-0.39, 0.29) is 0 Å². The Kier molecular flexibility index (Phi) is 3.06. The summed E-state index contributed by atoms with van der Waals surface area (Å²) in [6, 6.07) is 9.02. The van der Waals surface area contributed by atoms with Crippen LogP contribution in [-0.4, -0.2) is 19.1 Å². The summed E-state index contributed by atoms with van der Waals surface area (Å²) in [5.41, 5.74) is 1.25. The zero-order valence-corrected chi connectivity index (χ0v) is 9.01. The maximum Gasteiger partial charge on any atom is 0.0409 e. The third kappa shape index (κ3) is 2.27. The van der Waals surface area contributed by atoms with E-state index in [1.165, 1.54) is 5.56 Å². The second kappa shape index (κ2) is 4.30.